The Kier molecular flexibility index (Phi) is 5.88. The van der Waals surface area contributed by atoms with Crippen molar-refractivity contribution in [3.63, 3.8) is 0 Å². The number of nitrogens with one attached hydrogen (secondary N) is 1. The number of benzene rings is 1. The van der Waals surface area contributed by atoms with Gasteiger partial charge in [-0.25, -0.2) is 13.1 Å². The number of piperidine rings is 1. The first-order valence-electron chi connectivity index (χ1n) is 8.18. The maximum absolute atomic E-state index is 11.4. The van der Waals surface area contributed by atoms with E-state index in [9.17, 15) is 8.42 Å². The molecule has 2 heterocycles. The Morgan fingerprint density at radius 3 is 2.88 bits per heavy atom. The summed E-state index contributed by atoms with van der Waals surface area (Å²) < 4.78 is 32.0. The molecule has 0 aliphatic carbocycles. The van der Waals surface area contributed by atoms with Gasteiger partial charge >= 0.3 is 0 Å². The highest BCUT2D eigenvalue weighted by Crippen LogP contribution is 2.27. The molecule has 136 valence electrons. The molecule has 1 aromatic heterocycles. The van der Waals surface area contributed by atoms with E-state index in [1.165, 1.54) is 6.26 Å². The predicted octanol–water partition coefficient (Wildman–Crippen LogP) is 2.40. The van der Waals surface area contributed by atoms with Gasteiger partial charge in [0.2, 0.25) is 21.8 Å². The number of aromatic nitrogens is 2. The lowest BCUT2D eigenvalue weighted by Crippen LogP contribution is -2.46. The third-order valence-electron chi connectivity index (χ3n) is 4.24. The fourth-order valence-corrected chi connectivity index (χ4v) is 3.93. The number of hydrogen-bond donors (Lipinski definition) is 1. The van der Waals surface area contributed by atoms with E-state index in [2.05, 4.69) is 35.7 Å². The second-order valence-electron chi connectivity index (χ2n) is 6.22. The van der Waals surface area contributed by atoms with E-state index >= 15 is 0 Å². The van der Waals surface area contributed by atoms with Crippen molar-refractivity contribution in [3.8, 4) is 11.5 Å². The maximum Gasteiger partial charge on any atom is 0.248 e. The molecule has 1 aliphatic rings. The summed E-state index contributed by atoms with van der Waals surface area (Å²) in [5.74, 6) is 1.02. The van der Waals surface area contributed by atoms with Crippen LogP contribution in [0.15, 0.2) is 33.2 Å². The summed E-state index contributed by atoms with van der Waals surface area (Å²) in [7, 11) is -3.19. The summed E-state index contributed by atoms with van der Waals surface area (Å²) in [5, 5.41) is 8.29. The van der Waals surface area contributed by atoms with Gasteiger partial charge in [-0.05, 0) is 47.4 Å². The first-order valence-corrected chi connectivity index (χ1v) is 10.9. The molecule has 1 N–H and O–H groups in total. The number of sulfonamides is 1. The lowest BCUT2D eigenvalue weighted by molar-refractivity contribution is 0.130. The van der Waals surface area contributed by atoms with E-state index in [1.54, 1.807) is 0 Å². The second kappa shape index (κ2) is 7.94. The van der Waals surface area contributed by atoms with E-state index < -0.39 is 10.0 Å². The highest BCUT2D eigenvalue weighted by atomic mass is 79.9. The molecule has 1 aromatic carbocycles. The third-order valence-corrected chi connectivity index (χ3v) is 5.62. The first kappa shape index (κ1) is 18.5. The van der Waals surface area contributed by atoms with Gasteiger partial charge in [-0.2, -0.15) is 0 Å². The van der Waals surface area contributed by atoms with Crippen LogP contribution in [0.5, 0.6) is 0 Å². The predicted molar refractivity (Wildman–Crippen MR) is 98.3 cm³/mol. The number of likely N-dealkylation sites (tertiary alicyclic amines) is 1. The minimum Gasteiger partial charge on any atom is -0.419 e. The molecule has 1 aliphatic heterocycles. The Bertz CT molecular complexity index is 824. The van der Waals surface area contributed by atoms with Crippen molar-refractivity contribution in [2.45, 2.75) is 31.8 Å². The van der Waals surface area contributed by atoms with E-state index in [-0.39, 0.29) is 6.04 Å². The van der Waals surface area contributed by atoms with Crippen molar-refractivity contribution < 1.29 is 12.8 Å². The standard InChI is InChI=1S/C16H21BrN4O3S/c1-25(22,23)18-10-12-6-4-5-9-21(12)11-15-19-20-16(24-15)13-7-2-3-8-14(13)17/h2-3,7-8,12,18H,4-6,9-11H2,1H3/t12-/m1/s1. The zero-order valence-corrected chi connectivity index (χ0v) is 16.4. The van der Waals surface area contributed by atoms with Crippen LogP contribution < -0.4 is 4.72 Å². The van der Waals surface area contributed by atoms with Gasteiger partial charge < -0.3 is 4.42 Å². The SMILES string of the molecule is CS(=O)(=O)NC[C@H]1CCCCN1Cc1nnc(-c2ccccc2Br)o1. The summed E-state index contributed by atoms with van der Waals surface area (Å²) in [4.78, 5) is 2.21. The van der Waals surface area contributed by atoms with Crippen LogP contribution in [-0.4, -0.2) is 48.9 Å². The van der Waals surface area contributed by atoms with Crippen LogP contribution in [0.4, 0.5) is 0 Å². The van der Waals surface area contributed by atoms with Crippen molar-refractivity contribution in [2.24, 2.45) is 0 Å². The normalized spacial score (nSPS) is 19.2. The number of rotatable bonds is 6. The molecular formula is C16H21BrN4O3S. The van der Waals surface area contributed by atoms with E-state index in [4.69, 9.17) is 4.42 Å². The Hall–Kier alpha value is -1.29. The van der Waals surface area contributed by atoms with Gasteiger partial charge in [0.15, 0.2) is 0 Å². The zero-order chi connectivity index (χ0) is 17.9. The second-order valence-corrected chi connectivity index (χ2v) is 8.91. The monoisotopic (exact) mass is 428 g/mol. The molecule has 0 radical (unpaired) electrons. The summed E-state index contributed by atoms with van der Waals surface area (Å²) in [6, 6.07) is 7.83. The molecule has 0 saturated carbocycles. The fraction of sp³-hybridized carbons (Fsp3) is 0.500. The summed E-state index contributed by atoms with van der Waals surface area (Å²) >= 11 is 3.49. The molecule has 0 unspecified atom stereocenters. The van der Waals surface area contributed by atoms with Gasteiger partial charge in [0.05, 0.1) is 18.4 Å². The Morgan fingerprint density at radius 2 is 2.12 bits per heavy atom. The molecule has 0 bridgehead atoms. The molecule has 3 rings (SSSR count). The van der Waals surface area contributed by atoms with Gasteiger partial charge in [-0.1, -0.05) is 18.6 Å². The Labute approximate surface area is 156 Å². The minimum absolute atomic E-state index is 0.141. The highest BCUT2D eigenvalue weighted by molar-refractivity contribution is 9.10. The zero-order valence-electron chi connectivity index (χ0n) is 14.0. The molecular weight excluding hydrogens is 408 g/mol. The van der Waals surface area contributed by atoms with Gasteiger partial charge in [0.25, 0.3) is 0 Å². The third kappa shape index (κ3) is 5.10. The van der Waals surface area contributed by atoms with Gasteiger partial charge in [0.1, 0.15) is 0 Å². The largest absolute Gasteiger partial charge is 0.419 e. The molecule has 7 nitrogen and oxygen atoms in total. The summed E-state index contributed by atoms with van der Waals surface area (Å²) in [6.45, 7) is 1.82. The minimum atomic E-state index is -3.19. The average Bonchev–Trinajstić information content (AvgIpc) is 3.02. The lowest BCUT2D eigenvalue weighted by Gasteiger charge is -2.34. The molecule has 2 aromatic rings. The van der Waals surface area contributed by atoms with Crippen LogP contribution in [0.25, 0.3) is 11.5 Å². The molecule has 1 saturated heterocycles. The molecule has 1 fully saturated rings. The number of nitrogens with zero attached hydrogens (tertiary/aromatic N) is 3. The molecule has 9 heteroatoms. The van der Waals surface area contributed by atoms with Crippen LogP contribution in [-0.2, 0) is 16.6 Å². The molecule has 0 spiro atoms. The van der Waals surface area contributed by atoms with Crippen LogP contribution >= 0.6 is 15.9 Å². The van der Waals surface area contributed by atoms with Gasteiger partial charge in [0, 0.05) is 17.1 Å². The van der Waals surface area contributed by atoms with E-state index in [1.807, 2.05) is 24.3 Å². The average molecular weight is 429 g/mol. The van der Waals surface area contributed by atoms with Gasteiger partial charge in [-0.15, -0.1) is 10.2 Å². The quantitative estimate of drug-likeness (QED) is 0.759. The summed E-state index contributed by atoms with van der Waals surface area (Å²) in [5.41, 5.74) is 0.857. The van der Waals surface area contributed by atoms with Crippen molar-refractivity contribution in [2.75, 3.05) is 19.3 Å². The van der Waals surface area contributed by atoms with Crippen LogP contribution in [0.2, 0.25) is 0 Å². The van der Waals surface area contributed by atoms with Crippen molar-refractivity contribution in [1.82, 2.24) is 19.8 Å². The van der Waals surface area contributed by atoms with Gasteiger partial charge in [-0.3, -0.25) is 4.90 Å². The first-order chi connectivity index (χ1) is 11.9. The molecule has 1 atom stereocenters. The van der Waals surface area contributed by atoms with E-state index in [0.29, 0.717) is 24.9 Å². The van der Waals surface area contributed by atoms with Crippen LogP contribution in [0.1, 0.15) is 25.2 Å². The lowest BCUT2D eigenvalue weighted by atomic mass is 10.0. The smallest absolute Gasteiger partial charge is 0.248 e. The highest BCUT2D eigenvalue weighted by Gasteiger charge is 2.25. The molecule has 0 amide bonds. The number of hydrogen-bond acceptors (Lipinski definition) is 6. The van der Waals surface area contributed by atoms with Crippen molar-refractivity contribution in [3.05, 3.63) is 34.6 Å². The van der Waals surface area contributed by atoms with Crippen molar-refractivity contribution in [1.29, 1.82) is 0 Å². The van der Waals surface area contributed by atoms with Crippen LogP contribution in [0.3, 0.4) is 0 Å². The maximum atomic E-state index is 11.4. The topological polar surface area (TPSA) is 88.3 Å². The number of halogens is 1. The van der Waals surface area contributed by atoms with Crippen LogP contribution in [0, 0.1) is 0 Å². The fourth-order valence-electron chi connectivity index (χ4n) is 2.98. The van der Waals surface area contributed by atoms with E-state index in [0.717, 1.165) is 35.8 Å². The Morgan fingerprint density at radius 1 is 1.32 bits per heavy atom. The Balaban J connectivity index is 1.69. The van der Waals surface area contributed by atoms with Crippen molar-refractivity contribution >= 4 is 26.0 Å². The molecule has 25 heavy (non-hydrogen) atoms. The summed E-state index contributed by atoms with van der Waals surface area (Å²) in [6.07, 6.45) is 4.31.